The van der Waals surface area contributed by atoms with Crippen LogP contribution in [-0.2, 0) is 25.6 Å². The Labute approximate surface area is 189 Å². The molecule has 0 aliphatic rings. The molecule has 0 saturated carbocycles. The van der Waals surface area contributed by atoms with Crippen LogP contribution in [-0.4, -0.2) is 35.8 Å². The van der Waals surface area contributed by atoms with E-state index in [0.29, 0.717) is 24.5 Å². The Morgan fingerprint density at radius 3 is 2.38 bits per heavy atom. The molecule has 0 fully saturated rings. The van der Waals surface area contributed by atoms with Gasteiger partial charge in [0.2, 0.25) is 0 Å². The lowest BCUT2D eigenvalue weighted by atomic mass is 10.1. The monoisotopic (exact) mass is 455 g/mol. The minimum Gasteiger partial charge on any atom is -0.492 e. The van der Waals surface area contributed by atoms with Crippen molar-refractivity contribution in [2.75, 3.05) is 13.7 Å². The fourth-order valence-electron chi connectivity index (χ4n) is 2.95. The van der Waals surface area contributed by atoms with E-state index in [1.807, 2.05) is 24.3 Å². The highest BCUT2D eigenvalue weighted by atomic mass is 32.1. The Kier molecular flexibility index (Phi) is 7.15. The third-order valence-corrected chi connectivity index (χ3v) is 5.33. The average molecular weight is 456 g/mol. The minimum atomic E-state index is -0.770. The van der Waals surface area contributed by atoms with Gasteiger partial charge in [-0.1, -0.05) is 35.6 Å². The Morgan fingerprint density at radius 2 is 1.72 bits per heavy atom. The summed E-state index contributed by atoms with van der Waals surface area (Å²) in [4.78, 5) is 36.6. The van der Waals surface area contributed by atoms with Gasteiger partial charge in [0, 0.05) is 0 Å². The molecule has 7 nitrogen and oxygen atoms in total. The maximum atomic E-state index is 12.4. The largest absolute Gasteiger partial charge is 0.492 e. The molecule has 0 atom stereocenters. The number of carbonyl (C=O) groups is 2. The van der Waals surface area contributed by atoms with E-state index in [9.17, 15) is 14.4 Å². The molecule has 0 aliphatic heterocycles. The van der Waals surface area contributed by atoms with Gasteiger partial charge in [-0.25, -0.2) is 9.59 Å². The SMILES string of the molecule is COC(=O)C(=Cc1ccc(OCCn2c(=O)sc3ccccc32)cc1)C(=O)OC(C)(C)C. The maximum absolute atomic E-state index is 12.4. The molecular weight excluding hydrogens is 430 g/mol. The summed E-state index contributed by atoms with van der Waals surface area (Å²) >= 11 is 1.21. The number of carbonyl (C=O) groups excluding carboxylic acids is 2. The van der Waals surface area contributed by atoms with E-state index in [2.05, 4.69) is 0 Å². The van der Waals surface area contributed by atoms with Gasteiger partial charge in [-0.3, -0.25) is 9.36 Å². The highest BCUT2D eigenvalue weighted by molar-refractivity contribution is 7.16. The molecule has 1 heterocycles. The normalized spacial score (nSPS) is 11.9. The number of hydrogen-bond donors (Lipinski definition) is 0. The van der Waals surface area contributed by atoms with Crippen LogP contribution < -0.4 is 9.61 Å². The molecule has 0 spiro atoms. The molecule has 0 unspecified atom stereocenters. The molecule has 3 rings (SSSR count). The second-order valence-corrected chi connectivity index (χ2v) is 8.95. The Balaban J connectivity index is 1.68. The first-order valence-corrected chi connectivity index (χ1v) is 10.8. The summed E-state index contributed by atoms with van der Waals surface area (Å²) < 4.78 is 18.4. The zero-order valence-electron chi connectivity index (χ0n) is 18.4. The number of para-hydroxylation sites is 1. The summed E-state index contributed by atoms with van der Waals surface area (Å²) in [5, 5.41) is 0. The van der Waals surface area contributed by atoms with Crippen LogP contribution >= 0.6 is 11.3 Å². The highest BCUT2D eigenvalue weighted by Gasteiger charge is 2.25. The predicted molar refractivity (Wildman–Crippen MR) is 124 cm³/mol. The lowest BCUT2D eigenvalue weighted by molar-refractivity contribution is -0.153. The molecule has 32 heavy (non-hydrogen) atoms. The lowest BCUT2D eigenvalue weighted by Crippen LogP contribution is -2.27. The molecule has 168 valence electrons. The van der Waals surface area contributed by atoms with Crippen LogP contribution in [0.2, 0.25) is 0 Å². The van der Waals surface area contributed by atoms with E-state index in [1.165, 1.54) is 24.5 Å². The number of thiazole rings is 1. The summed E-state index contributed by atoms with van der Waals surface area (Å²) in [7, 11) is 1.21. The van der Waals surface area contributed by atoms with Gasteiger partial charge in [0.15, 0.2) is 0 Å². The molecule has 0 radical (unpaired) electrons. The van der Waals surface area contributed by atoms with Crippen molar-refractivity contribution in [3.63, 3.8) is 0 Å². The van der Waals surface area contributed by atoms with Crippen LogP contribution in [0.25, 0.3) is 16.3 Å². The van der Waals surface area contributed by atoms with Gasteiger partial charge in [0.25, 0.3) is 0 Å². The predicted octanol–water partition coefficient (Wildman–Crippen LogP) is 4.04. The van der Waals surface area contributed by atoms with Gasteiger partial charge in [-0.05, 0) is 56.7 Å². The summed E-state index contributed by atoms with van der Waals surface area (Å²) in [5.41, 5.74) is 0.574. The van der Waals surface area contributed by atoms with E-state index in [-0.39, 0.29) is 10.4 Å². The first-order valence-electron chi connectivity index (χ1n) is 10.0. The topological polar surface area (TPSA) is 83.8 Å². The fraction of sp³-hybridized carbons (Fsp3) is 0.292. The molecule has 0 amide bonds. The fourth-order valence-corrected chi connectivity index (χ4v) is 3.87. The highest BCUT2D eigenvalue weighted by Crippen LogP contribution is 2.19. The number of rotatable bonds is 7. The molecule has 0 aliphatic carbocycles. The van der Waals surface area contributed by atoms with E-state index in [0.717, 1.165) is 10.2 Å². The van der Waals surface area contributed by atoms with Crippen molar-refractivity contribution in [2.45, 2.75) is 32.9 Å². The Bertz CT molecular complexity index is 1200. The number of esters is 2. The van der Waals surface area contributed by atoms with Gasteiger partial charge >= 0.3 is 16.8 Å². The van der Waals surface area contributed by atoms with Gasteiger partial charge in [-0.15, -0.1) is 0 Å². The Hall–Kier alpha value is -3.39. The molecule has 2 aromatic carbocycles. The van der Waals surface area contributed by atoms with Crippen molar-refractivity contribution >= 4 is 39.6 Å². The molecule has 0 N–H and O–H groups in total. The molecule has 0 saturated heterocycles. The van der Waals surface area contributed by atoms with Crippen LogP contribution in [0, 0.1) is 0 Å². The van der Waals surface area contributed by atoms with E-state index >= 15 is 0 Å². The molecule has 1 aromatic heterocycles. The zero-order chi connectivity index (χ0) is 23.3. The summed E-state index contributed by atoms with van der Waals surface area (Å²) in [6, 6.07) is 14.5. The number of benzene rings is 2. The first kappa shape index (κ1) is 23.3. The second-order valence-electron chi connectivity index (χ2n) is 7.96. The van der Waals surface area contributed by atoms with Crippen molar-refractivity contribution in [2.24, 2.45) is 0 Å². The number of methoxy groups -OCH3 is 1. The maximum Gasteiger partial charge on any atom is 0.346 e. The van der Waals surface area contributed by atoms with Crippen LogP contribution in [0.1, 0.15) is 26.3 Å². The second kappa shape index (κ2) is 9.82. The summed E-state index contributed by atoms with van der Waals surface area (Å²) in [6.45, 7) is 5.91. The minimum absolute atomic E-state index is 0.0206. The number of aromatic nitrogens is 1. The standard InChI is InChI=1S/C24H25NO6S/c1-24(2,3)31-22(27)18(21(26)29-4)15-16-9-11-17(12-10-16)30-14-13-25-19-7-5-6-8-20(19)32-23(25)28/h5-12,15H,13-14H2,1-4H3. The van der Waals surface area contributed by atoms with Crippen LogP contribution in [0.4, 0.5) is 0 Å². The molecule has 8 heteroatoms. The van der Waals surface area contributed by atoms with Crippen molar-refractivity contribution in [3.05, 3.63) is 69.3 Å². The molecule has 0 bridgehead atoms. The van der Waals surface area contributed by atoms with E-state index < -0.39 is 17.5 Å². The van der Waals surface area contributed by atoms with Crippen LogP contribution in [0.3, 0.4) is 0 Å². The van der Waals surface area contributed by atoms with Crippen molar-refractivity contribution < 1.29 is 23.8 Å². The number of fused-ring (bicyclic) bond motifs is 1. The Morgan fingerprint density at radius 1 is 1.03 bits per heavy atom. The van der Waals surface area contributed by atoms with Gasteiger partial charge < -0.3 is 14.2 Å². The zero-order valence-corrected chi connectivity index (χ0v) is 19.2. The first-order chi connectivity index (χ1) is 15.2. The average Bonchev–Trinajstić information content (AvgIpc) is 3.06. The molecular formula is C24H25NO6S. The van der Waals surface area contributed by atoms with Crippen molar-refractivity contribution in [3.8, 4) is 5.75 Å². The molecule has 3 aromatic rings. The third-order valence-electron chi connectivity index (χ3n) is 4.37. The van der Waals surface area contributed by atoms with E-state index in [4.69, 9.17) is 14.2 Å². The number of hydrogen-bond acceptors (Lipinski definition) is 7. The number of ether oxygens (including phenoxy) is 3. The lowest BCUT2D eigenvalue weighted by Gasteiger charge is -2.20. The van der Waals surface area contributed by atoms with Crippen molar-refractivity contribution in [1.29, 1.82) is 0 Å². The van der Waals surface area contributed by atoms with E-state index in [1.54, 1.807) is 49.6 Å². The van der Waals surface area contributed by atoms with Crippen molar-refractivity contribution in [1.82, 2.24) is 4.57 Å². The van der Waals surface area contributed by atoms with Gasteiger partial charge in [0.1, 0.15) is 23.5 Å². The van der Waals surface area contributed by atoms with Gasteiger partial charge in [-0.2, -0.15) is 0 Å². The summed E-state index contributed by atoms with van der Waals surface area (Å²) in [5.74, 6) is -0.919. The smallest absolute Gasteiger partial charge is 0.346 e. The number of nitrogens with zero attached hydrogens (tertiary/aromatic N) is 1. The summed E-state index contributed by atoms with van der Waals surface area (Å²) in [6.07, 6.45) is 1.42. The quantitative estimate of drug-likeness (QED) is 0.231. The van der Waals surface area contributed by atoms with Gasteiger partial charge in [0.05, 0.1) is 23.9 Å². The van der Waals surface area contributed by atoms with Crippen LogP contribution in [0.5, 0.6) is 5.75 Å². The third kappa shape index (κ3) is 5.85. The van der Waals surface area contributed by atoms with Crippen LogP contribution in [0.15, 0.2) is 58.9 Å².